The number of methoxy groups -OCH3 is 1. The third-order valence-electron chi connectivity index (χ3n) is 3.04. The number of aromatic nitrogens is 1. The molecule has 0 unspecified atom stereocenters. The molecule has 1 heterocycles. The highest BCUT2D eigenvalue weighted by atomic mass is 19.4. The number of aryl methyl sites for hydroxylation is 1. The molecule has 0 saturated heterocycles. The van der Waals surface area contributed by atoms with Gasteiger partial charge in [0, 0.05) is 25.1 Å². The molecular formula is C13H14F3NO. The first-order chi connectivity index (χ1) is 8.46. The molecular weight excluding hydrogens is 243 g/mol. The van der Waals surface area contributed by atoms with Crippen molar-refractivity contribution in [2.45, 2.75) is 12.6 Å². The molecule has 0 amide bonds. The van der Waals surface area contributed by atoms with Crippen LogP contribution < -0.4 is 0 Å². The zero-order valence-electron chi connectivity index (χ0n) is 10.2. The van der Waals surface area contributed by atoms with E-state index >= 15 is 0 Å². The summed E-state index contributed by atoms with van der Waals surface area (Å²) in [4.78, 5) is 0. The lowest BCUT2D eigenvalue weighted by atomic mass is 10.1. The molecule has 2 rings (SSSR count). The second-order valence-electron chi connectivity index (χ2n) is 4.14. The van der Waals surface area contributed by atoms with Crippen LogP contribution in [0.5, 0.6) is 0 Å². The monoisotopic (exact) mass is 257 g/mol. The van der Waals surface area contributed by atoms with E-state index in [9.17, 15) is 13.2 Å². The van der Waals surface area contributed by atoms with Crippen molar-refractivity contribution in [3.63, 3.8) is 0 Å². The molecule has 0 aliphatic carbocycles. The van der Waals surface area contributed by atoms with Gasteiger partial charge in [-0.1, -0.05) is 18.2 Å². The van der Waals surface area contributed by atoms with E-state index in [4.69, 9.17) is 4.74 Å². The van der Waals surface area contributed by atoms with Gasteiger partial charge in [-0.2, -0.15) is 13.2 Å². The lowest BCUT2D eigenvalue weighted by Crippen LogP contribution is -2.14. The summed E-state index contributed by atoms with van der Waals surface area (Å²) in [5.74, 6) is 0. The summed E-state index contributed by atoms with van der Waals surface area (Å²) in [5, 5.41) is 0.643. The maximum atomic E-state index is 13.1. The molecule has 18 heavy (non-hydrogen) atoms. The van der Waals surface area contributed by atoms with E-state index in [0.717, 1.165) is 0 Å². The third-order valence-corrected chi connectivity index (χ3v) is 3.04. The van der Waals surface area contributed by atoms with Gasteiger partial charge >= 0.3 is 6.18 Å². The van der Waals surface area contributed by atoms with Crippen molar-refractivity contribution in [1.29, 1.82) is 0 Å². The number of hydrogen-bond donors (Lipinski definition) is 0. The lowest BCUT2D eigenvalue weighted by molar-refractivity contribution is -0.143. The average Bonchev–Trinajstić information content (AvgIpc) is 2.60. The van der Waals surface area contributed by atoms with Gasteiger partial charge in [-0.3, -0.25) is 0 Å². The normalized spacial score (nSPS) is 12.3. The topological polar surface area (TPSA) is 14.2 Å². The Morgan fingerprint density at radius 3 is 2.50 bits per heavy atom. The Morgan fingerprint density at radius 1 is 1.22 bits per heavy atom. The first-order valence-corrected chi connectivity index (χ1v) is 5.59. The van der Waals surface area contributed by atoms with Crippen LogP contribution in [-0.4, -0.2) is 18.3 Å². The SMILES string of the molecule is COCCc1c(C(F)(F)F)n(C)c2ccccc12. The molecule has 0 aliphatic heterocycles. The van der Waals surface area contributed by atoms with Gasteiger partial charge in [0.1, 0.15) is 5.69 Å². The Hall–Kier alpha value is -1.49. The molecule has 0 saturated carbocycles. The van der Waals surface area contributed by atoms with Crippen molar-refractivity contribution in [1.82, 2.24) is 4.57 Å². The molecule has 0 atom stereocenters. The van der Waals surface area contributed by atoms with Crippen LogP contribution in [0.1, 0.15) is 11.3 Å². The smallest absolute Gasteiger partial charge is 0.384 e. The van der Waals surface area contributed by atoms with E-state index in [1.54, 1.807) is 24.3 Å². The van der Waals surface area contributed by atoms with Gasteiger partial charge in [-0.15, -0.1) is 0 Å². The maximum absolute atomic E-state index is 13.1. The van der Waals surface area contributed by atoms with Crippen LogP contribution in [0.3, 0.4) is 0 Å². The number of para-hydroxylation sites is 1. The fraction of sp³-hybridized carbons (Fsp3) is 0.385. The highest BCUT2D eigenvalue weighted by Gasteiger charge is 2.37. The summed E-state index contributed by atoms with van der Waals surface area (Å²) in [7, 11) is 2.93. The molecule has 0 N–H and O–H groups in total. The molecule has 0 aliphatic rings. The fourth-order valence-electron chi connectivity index (χ4n) is 2.29. The van der Waals surface area contributed by atoms with E-state index in [-0.39, 0.29) is 13.0 Å². The molecule has 2 aromatic rings. The van der Waals surface area contributed by atoms with Crippen LogP contribution in [0.15, 0.2) is 24.3 Å². The van der Waals surface area contributed by atoms with Gasteiger partial charge < -0.3 is 9.30 Å². The Balaban J connectivity index is 2.69. The van der Waals surface area contributed by atoms with Crippen molar-refractivity contribution in [2.24, 2.45) is 7.05 Å². The summed E-state index contributed by atoms with van der Waals surface area (Å²) in [6.07, 6.45) is -4.09. The van der Waals surface area contributed by atoms with Crippen LogP contribution >= 0.6 is 0 Å². The first kappa shape index (κ1) is 13.0. The molecule has 0 fully saturated rings. The number of rotatable bonds is 3. The van der Waals surface area contributed by atoms with Gasteiger partial charge in [0.05, 0.1) is 6.61 Å². The fourth-order valence-corrected chi connectivity index (χ4v) is 2.29. The number of hydrogen-bond acceptors (Lipinski definition) is 1. The second kappa shape index (κ2) is 4.65. The van der Waals surface area contributed by atoms with Crippen molar-refractivity contribution in [2.75, 3.05) is 13.7 Å². The number of ether oxygens (including phenoxy) is 1. The molecule has 98 valence electrons. The predicted octanol–water partition coefficient (Wildman–Crippen LogP) is 3.39. The Morgan fingerprint density at radius 2 is 1.89 bits per heavy atom. The van der Waals surface area contributed by atoms with Gasteiger partial charge in [0.25, 0.3) is 0 Å². The molecule has 0 radical (unpaired) electrons. The van der Waals surface area contributed by atoms with Crippen molar-refractivity contribution in [3.8, 4) is 0 Å². The number of halogens is 3. The standard InChI is InChI=1S/C13H14F3NO/c1-17-11-6-4-3-5-9(11)10(7-8-18-2)12(17)13(14,15)16/h3-6H,7-8H2,1-2H3. The summed E-state index contributed by atoms with van der Waals surface area (Å²) in [5.41, 5.74) is 0.319. The third kappa shape index (κ3) is 2.10. The molecule has 1 aromatic carbocycles. The van der Waals surface area contributed by atoms with Crippen molar-refractivity contribution >= 4 is 10.9 Å². The van der Waals surface area contributed by atoms with E-state index in [1.165, 1.54) is 18.7 Å². The minimum Gasteiger partial charge on any atom is -0.384 e. The quantitative estimate of drug-likeness (QED) is 0.822. The van der Waals surface area contributed by atoms with Gasteiger partial charge in [0.15, 0.2) is 0 Å². The Kier molecular flexibility index (Phi) is 3.34. The van der Waals surface area contributed by atoms with Crippen LogP contribution in [0.4, 0.5) is 13.2 Å². The van der Waals surface area contributed by atoms with Gasteiger partial charge in [-0.05, 0) is 18.1 Å². The second-order valence-corrected chi connectivity index (χ2v) is 4.14. The van der Waals surface area contributed by atoms with Crippen molar-refractivity contribution in [3.05, 3.63) is 35.5 Å². The largest absolute Gasteiger partial charge is 0.431 e. The minimum absolute atomic E-state index is 0.257. The van der Waals surface area contributed by atoms with Crippen LogP contribution in [-0.2, 0) is 24.4 Å². The molecule has 0 bridgehead atoms. The summed E-state index contributed by atoms with van der Waals surface area (Å²) >= 11 is 0. The van der Waals surface area contributed by atoms with Crippen LogP contribution in [0.25, 0.3) is 10.9 Å². The van der Waals surface area contributed by atoms with E-state index in [1.807, 2.05) is 0 Å². The molecule has 5 heteroatoms. The van der Waals surface area contributed by atoms with Gasteiger partial charge in [0.2, 0.25) is 0 Å². The lowest BCUT2D eigenvalue weighted by Gasteiger charge is -2.11. The Bertz CT molecular complexity index is 557. The number of benzene rings is 1. The Labute approximate surface area is 103 Å². The van der Waals surface area contributed by atoms with Gasteiger partial charge in [-0.25, -0.2) is 0 Å². The average molecular weight is 257 g/mol. The minimum atomic E-state index is -4.35. The molecule has 0 spiro atoms. The summed E-state index contributed by atoms with van der Waals surface area (Å²) < 4.78 is 45.4. The zero-order valence-corrected chi connectivity index (χ0v) is 10.2. The summed E-state index contributed by atoms with van der Waals surface area (Å²) in [6.45, 7) is 0.275. The molecule has 1 aromatic heterocycles. The van der Waals surface area contributed by atoms with E-state index in [0.29, 0.717) is 16.5 Å². The summed E-state index contributed by atoms with van der Waals surface area (Å²) in [6, 6.07) is 6.90. The van der Waals surface area contributed by atoms with Crippen LogP contribution in [0.2, 0.25) is 0 Å². The molecule has 2 nitrogen and oxygen atoms in total. The van der Waals surface area contributed by atoms with Crippen LogP contribution in [0, 0.1) is 0 Å². The maximum Gasteiger partial charge on any atom is 0.431 e. The van der Waals surface area contributed by atoms with Crippen molar-refractivity contribution < 1.29 is 17.9 Å². The highest BCUT2D eigenvalue weighted by molar-refractivity contribution is 5.85. The number of nitrogens with zero attached hydrogens (tertiary/aromatic N) is 1. The first-order valence-electron chi connectivity index (χ1n) is 5.59. The highest BCUT2D eigenvalue weighted by Crippen LogP contribution is 2.37. The zero-order chi connectivity index (χ0) is 13.3. The number of alkyl halides is 3. The van der Waals surface area contributed by atoms with E-state index < -0.39 is 11.9 Å². The predicted molar refractivity (Wildman–Crippen MR) is 63.5 cm³/mol. The van der Waals surface area contributed by atoms with E-state index in [2.05, 4.69) is 0 Å². The number of fused-ring (bicyclic) bond motifs is 1.